The van der Waals surface area contributed by atoms with Crippen LogP contribution in [0.25, 0.3) is 21.8 Å². The molecule has 104 valence electrons. The average molecular weight is 286 g/mol. The first-order valence-electron chi connectivity index (χ1n) is 7.44. The molecule has 1 unspecified atom stereocenters. The van der Waals surface area contributed by atoms with Gasteiger partial charge in [0.1, 0.15) is 5.50 Å². The molecule has 0 saturated heterocycles. The van der Waals surface area contributed by atoms with Crippen molar-refractivity contribution in [3.63, 3.8) is 0 Å². The summed E-state index contributed by atoms with van der Waals surface area (Å²) >= 11 is 6.70. The van der Waals surface area contributed by atoms with E-state index in [1.54, 1.807) is 0 Å². The monoisotopic (exact) mass is 285 g/mol. The van der Waals surface area contributed by atoms with Gasteiger partial charge in [0, 0.05) is 10.8 Å². The number of unbranched alkanes of at least 4 members (excludes halogenated alkanes) is 2. The molecular formula is C18H20ClN. The van der Waals surface area contributed by atoms with Gasteiger partial charge >= 0.3 is 0 Å². The fraction of sp³-hybridized carbons (Fsp3) is 0.333. The van der Waals surface area contributed by atoms with E-state index in [1.807, 2.05) is 0 Å². The summed E-state index contributed by atoms with van der Waals surface area (Å²) in [5, 5.41) is 2.59. The van der Waals surface area contributed by atoms with Crippen molar-refractivity contribution in [3.05, 3.63) is 48.5 Å². The van der Waals surface area contributed by atoms with Gasteiger partial charge in [-0.05, 0) is 18.6 Å². The maximum absolute atomic E-state index is 6.70. The first kappa shape index (κ1) is 13.5. The highest BCUT2D eigenvalue weighted by Crippen LogP contribution is 2.34. The summed E-state index contributed by atoms with van der Waals surface area (Å²) in [4.78, 5) is 0. The van der Waals surface area contributed by atoms with Gasteiger partial charge in [0.05, 0.1) is 11.0 Å². The van der Waals surface area contributed by atoms with Gasteiger partial charge in [0.25, 0.3) is 0 Å². The van der Waals surface area contributed by atoms with Crippen LogP contribution in [0, 0.1) is 0 Å². The lowest BCUT2D eigenvalue weighted by Gasteiger charge is -2.14. The Morgan fingerprint density at radius 1 is 0.900 bits per heavy atom. The van der Waals surface area contributed by atoms with E-state index < -0.39 is 0 Å². The molecule has 0 spiro atoms. The molecule has 0 radical (unpaired) electrons. The molecule has 0 aliphatic carbocycles. The molecule has 2 heteroatoms. The van der Waals surface area contributed by atoms with Crippen LogP contribution in [0.5, 0.6) is 0 Å². The van der Waals surface area contributed by atoms with E-state index in [1.165, 1.54) is 41.1 Å². The van der Waals surface area contributed by atoms with Crippen molar-refractivity contribution in [1.82, 2.24) is 4.57 Å². The molecule has 2 aromatic carbocycles. The maximum atomic E-state index is 6.70. The van der Waals surface area contributed by atoms with Gasteiger partial charge < -0.3 is 4.57 Å². The van der Waals surface area contributed by atoms with E-state index in [4.69, 9.17) is 11.6 Å². The van der Waals surface area contributed by atoms with E-state index in [2.05, 4.69) is 60.0 Å². The maximum Gasteiger partial charge on any atom is 0.109 e. The number of alkyl halides is 1. The van der Waals surface area contributed by atoms with E-state index in [-0.39, 0.29) is 5.50 Å². The Kier molecular flexibility index (Phi) is 3.98. The minimum atomic E-state index is 0.0337. The average Bonchev–Trinajstić information content (AvgIpc) is 2.82. The molecular weight excluding hydrogens is 266 g/mol. The Labute approximate surface area is 125 Å². The predicted octanol–water partition coefficient (Wildman–Crippen LogP) is 6.11. The summed E-state index contributed by atoms with van der Waals surface area (Å²) in [5.41, 5.74) is 2.52. The van der Waals surface area contributed by atoms with Crippen molar-refractivity contribution < 1.29 is 0 Å². The Hall–Kier alpha value is -1.47. The molecule has 1 heterocycles. The van der Waals surface area contributed by atoms with Crippen molar-refractivity contribution >= 4 is 33.4 Å². The second-order valence-electron chi connectivity index (χ2n) is 5.33. The molecule has 1 aromatic heterocycles. The van der Waals surface area contributed by atoms with E-state index >= 15 is 0 Å². The standard InChI is InChI=1S/C18H20ClN/c1-2-3-4-13-18(19)20-16-11-7-5-9-14(16)15-10-6-8-12-17(15)20/h5-12,18H,2-4,13H2,1H3. The lowest BCUT2D eigenvalue weighted by Crippen LogP contribution is -2.02. The normalized spacial score (nSPS) is 13.1. The lowest BCUT2D eigenvalue weighted by atomic mass is 10.2. The fourth-order valence-electron chi connectivity index (χ4n) is 2.95. The molecule has 0 N–H and O–H groups in total. The molecule has 0 aliphatic rings. The van der Waals surface area contributed by atoms with Crippen molar-refractivity contribution in [2.24, 2.45) is 0 Å². The van der Waals surface area contributed by atoms with Gasteiger partial charge in [0.2, 0.25) is 0 Å². The van der Waals surface area contributed by atoms with Crippen LogP contribution in [0.4, 0.5) is 0 Å². The van der Waals surface area contributed by atoms with E-state index in [9.17, 15) is 0 Å². The van der Waals surface area contributed by atoms with Crippen LogP contribution in [0.2, 0.25) is 0 Å². The van der Waals surface area contributed by atoms with Crippen LogP contribution in [0.15, 0.2) is 48.5 Å². The molecule has 3 rings (SSSR count). The number of halogens is 1. The van der Waals surface area contributed by atoms with E-state index in [0.717, 1.165) is 6.42 Å². The first-order valence-corrected chi connectivity index (χ1v) is 7.88. The molecule has 0 bridgehead atoms. The zero-order chi connectivity index (χ0) is 13.9. The number of nitrogens with zero attached hydrogens (tertiary/aromatic N) is 1. The molecule has 0 fully saturated rings. The topological polar surface area (TPSA) is 4.93 Å². The number of fused-ring (bicyclic) bond motifs is 3. The predicted molar refractivity (Wildman–Crippen MR) is 88.5 cm³/mol. The molecule has 20 heavy (non-hydrogen) atoms. The summed E-state index contributed by atoms with van der Waals surface area (Å²) in [7, 11) is 0. The lowest BCUT2D eigenvalue weighted by molar-refractivity contribution is 0.582. The van der Waals surface area contributed by atoms with Gasteiger partial charge in [-0.3, -0.25) is 0 Å². The second-order valence-corrected chi connectivity index (χ2v) is 5.84. The Bertz CT molecular complexity index is 660. The van der Waals surface area contributed by atoms with Gasteiger partial charge in [-0.2, -0.15) is 0 Å². The molecule has 0 aliphatic heterocycles. The highest BCUT2D eigenvalue weighted by atomic mass is 35.5. The van der Waals surface area contributed by atoms with Gasteiger partial charge in [-0.25, -0.2) is 0 Å². The third-order valence-electron chi connectivity index (χ3n) is 3.94. The van der Waals surface area contributed by atoms with Crippen molar-refractivity contribution in [2.45, 2.75) is 38.1 Å². The van der Waals surface area contributed by atoms with Gasteiger partial charge in [0.15, 0.2) is 0 Å². The van der Waals surface area contributed by atoms with Crippen LogP contribution in [-0.4, -0.2) is 4.57 Å². The van der Waals surface area contributed by atoms with Crippen LogP contribution >= 0.6 is 11.6 Å². The smallest absolute Gasteiger partial charge is 0.109 e. The number of benzene rings is 2. The Morgan fingerprint density at radius 2 is 1.45 bits per heavy atom. The van der Waals surface area contributed by atoms with E-state index in [0.29, 0.717) is 0 Å². The molecule has 1 nitrogen and oxygen atoms in total. The zero-order valence-electron chi connectivity index (χ0n) is 11.8. The Morgan fingerprint density at radius 3 is 2.00 bits per heavy atom. The summed E-state index contributed by atoms with van der Waals surface area (Å²) in [6.45, 7) is 2.23. The van der Waals surface area contributed by atoms with Crippen molar-refractivity contribution in [2.75, 3.05) is 0 Å². The fourth-order valence-corrected chi connectivity index (χ4v) is 3.31. The van der Waals surface area contributed by atoms with Gasteiger partial charge in [-0.1, -0.05) is 74.2 Å². The number of aromatic nitrogens is 1. The zero-order valence-corrected chi connectivity index (χ0v) is 12.6. The number of para-hydroxylation sites is 2. The molecule has 0 amide bonds. The number of hydrogen-bond acceptors (Lipinski definition) is 0. The van der Waals surface area contributed by atoms with Crippen LogP contribution in [-0.2, 0) is 0 Å². The summed E-state index contributed by atoms with van der Waals surface area (Å²) in [5.74, 6) is 0. The second kappa shape index (κ2) is 5.88. The minimum absolute atomic E-state index is 0.0337. The van der Waals surface area contributed by atoms with Crippen LogP contribution in [0.3, 0.4) is 0 Å². The molecule has 0 saturated carbocycles. The number of rotatable bonds is 5. The first-order chi connectivity index (χ1) is 9.83. The Balaban J connectivity index is 2.11. The van der Waals surface area contributed by atoms with Crippen molar-refractivity contribution in [3.8, 4) is 0 Å². The molecule has 3 aromatic rings. The SMILES string of the molecule is CCCCCC(Cl)n1c2ccccc2c2ccccc21. The quantitative estimate of drug-likeness (QED) is 0.393. The molecule has 1 atom stereocenters. The summed E-state index contributed by atoms with van der Waals surface area (Å²) in [6, 6.07) is 17.1. The highest BCUT2D eigenvalue weighted by molar-refractivity contribution is 6.21. The largest absolute Gasteiger partial charge is 0.323 e. The van der Waals surface area contributed by atoms with Crippen LogP contribution < -0.4 is 0 Å². The van der Waals surface area contributed by atoms with Gasteiger partial charge in [-0.15, -0.1) is 0 Å². The summed E-state index contributed by atoms with van der Waals surface area (Å²) < 4.78 is 2.29. The van der Waals surface area contributed by atoms with Crippen LogP contribution in [0.1, 0.15) is 38.1 Å². The number of hydrogen-bond donors (Lipinski definition) is 0. The minimum Gasteiger partial charge on any atom is -0.323 e. The highest BCUT2D eigenvalue weighted by Gasteiger charge is 2.15. The third kappa shape index (κ3) is 2.31. The third-order valence-corrected chi connectivity index (χ3v) is 4.36. The summed E-state index contributed by atoms with van der Waals surface area (Å²) in [6.07, 6.45) is 4.70. The van der Waals surface area contributed by atoms with Crippen molar-refractivity contribution in [1.29, 1.82) is 0 Å².